The maximum absolute atomic E-state index is 8.91. The van der Waals surface area contributed by atoms with Crippen LogP contribution >= 0.6 is 0 Å². The van der Waals surface area contributed by atoms with E-state index >= 15 is 0 Å². The van der Waals surface area contributed by atoms with Gasteiger partial charge in [-0.15, -0.1) is 0 Å². The molecule has 0 saturated carbocycles. The van der Waals surface area contributed by atoms with Crippen molar-refractivity contribution in [3.63, 3.8) is 0 Å². The molecule has 3 heteroatoms. The fourth-order valence-corrected chi connectivity index (χ4v) is 1.66. The van der Waals surface area contributed by atoms with Gasteiger partial charge in [0.25, 0.3) is 0 Å². The quantitative estimate of drug-likeness (QED) is 0.772. The number of nitriles is 1. The van der Waals surface area contributed by atoms with Crippen LogP contribution in [0.1, 0.15) is 37.2 Å². The van der Waals surface area contributed by atoms with Crippen molar-refractivity contribution in [3.8, 4) is 6.07 Å². The minimum atomic E-state index is 0.734. The molecule has 1 aromatic rings. The SMILES string of the molecule is Cc1c(CNCCC(C)C)cc(C#N)n1C. The van der Waals surface area contributed by atoms with Gasteiger partial charge in [0, 0.05) is 19.3 Å². The normalized spacial score (nSPS) is 10.8. The second kappa shape index (κ2) is 5.72. The number of rotatable bonds is 5. The molecule has 16 heavy (non-hydrogen) atoms. The number of hydrogen-bond acceptors (Lipinski definition) is 2. The summed E-state index contributed by atoms with van der Waals surface area (Å²) < 4.78 is 1.94. The van der Waals surface area contributed by atoms with Crippen molar-refractivity contribution in [1.29, 1.82) is 5.26 Å². The molecule has 0 aliphatic carbocycles. The van der Waals surface area contributed by atoms with Gasteiger partial charge >= 0.3 is 0 Å². The molecule has 3 nitrogen and oxygen atoms in total. The molecule has 1 aromatic heterocycles. The number of nitrogens with zero attached hydrogens (tertiary/aromatic N) is 2. The maximum Gasteiger partial charge on any atom is 0.120 e. The third kappa shape index (κ3) is 3.11. The molecule has 0 saturated heterocycles. The lowest BCUT2D eigenvalue weighted by atomic mass is 10.1. The highest BCUT2D eigenvalue weighted by atomic mass is 15.0. The van der Waals surface area contributed by atoms with Crippen LogP contribution in [0.4, 0.5) is 0 Å². The van der Waals surface area contributed by atoms with Crippen molar-refractivity contribution in [2.45, 2.75) is 33.7 Å². The van der Waals surface area contributed by atoms with Gasteiger partial charge in [-0.1, -0.05) is 13.8 Å². The Labute approximate surface area is 98.1 Å². The van der Waals surface area contributed by atoms with E-state index in [-0.39, 0.29) is 0 Å². The van der Waals surface area contributed by atoms with Crippen LogP contribution in [0, 0.1) is 24.2 Å². The summed E-state index contributed by atoms with van der Waals surface area (Å²) in [5.74, 6) is 0.735. The minimum absolute atomic E-state index is 0.734. The second-order valence-corrected chi connectivity index (χ2v) is 4.67. The summed E-state index contributed by atoms with van der Waals surface area (Å²) in [4.78, 5) is 0. The van der Waals surface area contributed by atoms with Crippen molar-refractivity contribution in [1.82, 2.24) is 9.88 Å². The summed E-state index contributed by atoms with van der Waals surface area (Å²) in [6.07, 6.45) is 1.19. The Hall–Kier alpha value is -1.27. The smallest absolute Gasteiger partial charge is 0.120 e. The van der Waals surface area contributed by atoms with Crippen LogP contribution in [0.25, 0.3) is 0 Å². The Morgan fingerprint density at radius 1 is 1.50 bits per heavy atom. The summed E-state index contributed by atoms with van der Waals surface area (Å²) >= 11 is 0. The van der Waals surface area contributed by atoms with Crippen molar-refractivity contribution >= 4 is 0 Å². The van der Waals surface area contributed by atoms with Crippen molar-refractivity contribution in [2.24, 2.45) is 13.0 Å². The zero-order valence-corrected chi connectivity index (χ0v) is 10.7. The van der Waals surface area contributed by atoms with Crippen molar-refractivity contribution < 1.29 is 0 Å². The summed E-state index contributed by atoms with van der Waals surface area (Å²) in [6.45, 7) is 8.40. The van der Waals surface area contributed by atoms with Gasteiger partial charge in [0.1, 0.15) is 11.8 Å². The van der Waals surface area contributed by atoms with Crippen LogP contribution in [-0.4, -0.2) is 11.1 Å². The van der Waals surface area contributed by atoms with Gasteiger partial charge < -0.3 is 9.88 Å². The average molecular weight is 219 g/mol. The maximum atomic E-state index is 8.91. The molecule has 0 atom stereocenters. The molecule has 0 unspecified atom stereocenters. The topological polar surface area (TPSA) is 40.8 Å². The van der Waals surface area contributed by atoms with E-state index in [1.54, 1.807) is 0 Å². The molecular formula is C13H21N3. The van der Waals surface area contributed by atoms with Crippen molar-refractivity contribution in [3.05, 3.63) is 23.0 Å². The number of nitrogens with one attached hydrogen (secondary N) is 1. The molecule has 0 spiro atoms. The van der Waals surface area contributed by atoms with E-state index < -0.39 is 0 Å². The van der Waals surface area contributed by atoms with Crippen LogP contribution in [0.5, 0.6) is 0 Å². The second-order valence-electron chi connectivity index (χ2n) is 4.67. The molecule has 0 aliphatic rings. The first-order valence-corrected chi connectivity index (χ1v) is 5.82. The third-order valence-electron chi connectivity index (χ3n) is 2.97. The lowest BCUT2D eigenvalue weighted by molar-refractivity contribution is 0.537. The van der Waals surface area contributed by atoms with Crippen LogP contribution in [-0.2, 0) is 13.6 Å². The van der Waals surface area contributed by atoms with E-state index in [2.05, 4.69) is 32.2 Å². The third-order valence-corrected chi connectivity index (χ3v) is 2.97. The number of hydrogen-bond donors (Lipinski definition) is 1. The Morgan fingerprint density at radius 3 is 2.69 bits per heavy atom. The van der Waals surface area contributed by atoms with Gasteiger partial charge in [-0.3, -0.25) is 0 Å². The molecule has 1 rings (SSSR count). The lowest BCUT2D eigenvalue weighted by Crippen LogP contribution is -2.16. The predicted octanol–water partition coefficient (Wildman–Crippen LogP) is 2.34. The molecule has 0 bridgehead atoms. The van der Waals surface area contributed by atoms with Crippen LogP contribution in [0.3, 0.4) is 0 Å². The van der Waals surface area contributed by atoms with E-state index in [4.69, 9.17) is 5.26 Å². The van der Waals surface area contributed by atoms with Gasteiger partial charge in [-0.05, 0) is 37.4 Å². The monoisotopic (exact) mass is 219 g/mol. The zero-order chi connectivity index (χ0) is 12.1. The van der Waals surface area contributed by atoms with Gasteiger partial charge in [-0.2, -0.15) is 5.26 Å². The Morgan fingerprint density at radius 2 is 2.19 bits per heavy atom. The molecule has 0 aliphatic heterocycles. The van der Waals surface area contributed by atoms with Gasteiger partial charge in [0.05, 0.1) is 0 Å². The predicted molar refractivity (Wildman–Crippen MR) is 66.0 cm³/mol. The molecule has 88 valence electrons. The van der Waals surface area contributed by atoms with E-state index in [9.17, 15) is 0 Å². The lowest BCUT2D eigenvalue weighted by Gasteiger charge is -2.07. The molecule has 0 aromatic carbocycles. The first-order valence-electron chi connectivity index (χ1n) is 5.82. The molecule has 0 radical (unpaired) electrons. The summed E-state index contributed by atoms with van der Waals surface area (Å²) in [6, 6.07) is 4.17. The fourth-order valence-electron chi connectivity index (χ4n) is 1.66. The highest BCUT2D eigenvalue weighted by molar-refractivity contribution is 5.33. The van der Waals surface area contributed by atoms with E-state index in [1.165, 1.54) is 17.7 Å². The summed E-state index contributed by atoms with van der Waals surface area (Å²) in [5, 5.41) is 12.3. The summed E-state index contributed by atoms with van der Waals surface area (Å²) in [7, 11) is 1.94. The Bertz CT molecular complexity index is 383. The molecule has 0 amide bonds. The minimum Gasteiger partial charge on any atom is -0.340 e. The van der Waals surface area contributed by atoms with Crippen LogP contribution in [0.15, 0.2) is 6.07 Å². The average Bonchev–Trinajstić information content (AvgIpc) is 2.51. The van der Waals surface area contributed by atoms with Crippen LogP contribution in [0.2, 0.25) is 0 Å². The van der Waals surface area contributed by atoms with E-state index in [0.29, 0.717) is 0 Å². The highest BCUT2D eigenvalue weighted by Crippen LogP contribution is 2.12. The van der Waals surface area contributed by atoms with Crippen molar-refractivity contribution in [2.75, 3.05) is 6.54 Å². The largest absolute Gasteiger partial charge is 0.340 e. The Balaban J connectivity index is 2.52. The standard InChI is InChI=1S/C13H21N3/c1-10(2)5-6-15-9-12-7-13(8-14)16(4)11(12)3/h7,10,15H,5-6,9H2,1-4H3. The van der Waals surface area contributed by atoms with Gasteiger partial charge in [0.2, 0.25) is 0 Å². The molecular weight excluding hydrogens is 198 g/mol. The zero-order valence-electron chi connectivity index (χ0n) is 10.7. The fraction of sp³-hybridized carbons (Fsp3) is 0.615. The highest BCUT2D eigenvalue weighted by Gasteiger charge is 2.07. The number of aromatic nitrogens is 1. The molecule has 1 N–H and O–H groups in total. The summed E-state index contributed by atoms with van der Waals surface area (Å²) in [5.41, 5.74) is 3.13. The van der Waals surface area contributed by atoms with Gasteiger partial charge in [-0.25, -0.2) is 0 Å². The first-order chi connectivity index (χ1) is 7.56. The molecule has 0 fully saturated rings. The van der Waals surface area contributed by atoms with E-state index in [1.807, 2.05) is 17.7 Å². The van der Waals surface area contributed by atoms with E-state index in [0.717, 1.165) is 24.7 Å². The van der Waals surface area contributed by atoms with Gasteiger partial charge in [0.15, 0.2) is 0 Å². The Kier molecular flexibility index (Phi) is 4.57. The molecule has 1 heterocycles. The van der Waals surface area contributed by atoms with Crippen LogP contribution < -0.4 is 5.32 Å². The first kappa shape index (κ1) is 12.8.